The summed E-state index contributed by atoms with van der Waals surface area (Å²) in [7, 11) is 0. The number of nitrogens with zero attached hydrogens (tertiary/aromatic N) is 3. The van der Waals surface area contributed by atoms with Crippen molar-refractivity contribution in [2.24, 2.45) is 0 Å². The van der Waals surface area contributed by atoms with Gasteiger partial charge in [0.1, 0.15) is 5.65 Å². The minimum absolute atomic E-state index is 0.0627. The number of pyridine rings is 1. The molecule has 1 atom stereocenters. The van der Waals surface area contributed by atoms with Crippen molar-refractivity contribution in [2.75, 3.05) is 17.6 Å². The highest BCUT2D eigenvalue weighted by Crippen LogP contribution is 2.29. The van der Waals surface area contributed by atoms with E-state index in [0.29, 0.717) is 18.1 Å². The second-order valence-corrected chi connectivity index (χ2v) is 6.26. The zero-order valence-corrected chi connectivity index (χ0v) is 13.9. The highest BCUT2D eigenvalue weighted by molar-refractivity contribution is 8.02. The first kappa shape index (κ1) is 15.1. The lowest BCUT2D eigenvalue weighted by Gasteiger charge is -2.15. The molecule has 0 fully saturated rings. The molecule has 1 aliphatic heterocycles. The highest BCUT2D eigenvalue weighted by atomic mass is 32.2. The fraction of sp³-hybridized carbons (Fsp3) is 0.438. The van der Waals surface area contributed by atoms with E-state index >= 15 is 0 Å². The molecule has 116 valence electrons. The SMILES string of the molecule is CCNc1nc(C)c2cc(C3C=CSC3)c(=O)n(CC)c2n1. The summed E-state index contributed by atoms with van der Waals surface area (Å²) in [5.41, 5.74) is 2.53. The molecule has 0 saturated carbocycles. The fourth-order valence-electron chi connectivity index (χ4n) is 2.77. The number of hydrogen-bond acceptors (Lipinski definition) is 5. The van der Waals surface area contributed by atoms with E-state index in [-0.39, 0.29) is 11.5 Å². The summed E-state index contributed by atoms with van der Waals surface area (Å²) in [4.78, 5) is 21.9. The molecule has 6 heteroatoms. The van der Waals surface area contributed by atoms with Crippen molar-refractivity contribution in [2.45, 2.75) is 33.2 Å². The minimum atomic E-state index is 0.0627. The largest absolute Gasteiger partial charge is 0.354 e. The Morgan fingerprint density at radius 2 is 2.23 bits per heavy atom. The summed E-state index contributed by atoms with van der Waals surface area (Å²) in [6.07, 6.45) is 2.11. The van der Waals surface area contributed by atoms with E-state index in [1.807, 2.05) is 26.8 Å². The molecule has 1 aliphatic rings. The van der Waals surface area contributed by atoms with E-state index in [1.165, 1.54) is 0 Å². The van der Waals surface area contributed by atoms with Crippen molar-refractivity contribution in [3.63, 3.8) is 0 Å². The van der Waals surface area contributed by atoms with Crippen LogP contribution in [0.2, 0.25) is 0 Å². The molecule has 0 radical (unpaired) electrons. The zero-order valence-electron chi connectivity index (χ0n) is 13.1. The van der Waals surface area contributed by atoms with Crippen LogP contribution in [0.15, 0.2) is 22.3 Å². The van der Waals surface area contributed by atoms with Crippen LogP contribution in [0.4, 0.5) is 5.95 Å². The van der Waals surface area contributed by atoms with Gasteiger partial charge in [-0.05, 0) is 32.2 Å². The molecular weight excluding hydrogens is 296 g/mol. The number of allylic oxidation sites excluding steroid dienone is 1. The first-order valence-electron chi connectivity index (χ1n) is 7.60. The normalized spacial score (nSPS) is 17.3. The topological polar surface area (TPSA) is 59.8 Å². The molecule has 3 rings (SSSR count). The van der Waals surface area contributed by atoms with Crippen molar-refractivity contribution in [3.8, 4) is 0 Å². The maximum absolute atomic E-state index is 12.8. The van der Waals surface area contributed by atoms with E-state index in [9.17, 15) is 4.79 Å². The van der Waals surface area contributed by atoms with E-state index in [2.05, 4.69) is 26.8 Å². The number of hydrogen-bond donors (Lipinski definition) is 1. The smallest absolute Gasteiger partial charge is 0.256 e. The molecule has 3 heterocycles. The fourth-order valence-corrected chi connectivity index (χ4v) is 3.68. The van der Waals surface area contributed by atoms with Crippen molar-refractivity contribution in [1.29, 1.82) is 0 Å². The Morgan fingerprint density at radius 3 is 2.86 bits per heavy atom. The van der Waals surface area contributed by atoms with Crippen LogP contribution in [0.1, 0.15) is 31.0 Å². The van der Waals surface area contributed by atoms with Crippen molar-refractivity contribution >= 4 is 28.7 Å². The Bertz CT molecular complexity index is 797. The van der Waals surface area contributed by atoms with Gasteiger partial charge in [-0.15, -0.1) is 11.8 Å². The van der Waals surface area contributed by atoms with E-state index in [0.717, 1.165) is 28.9 Å². The monoisotopic (exact) mass is 316 g/mol. The lowest BCUT2D eigenvalue weighted by atomic mass is 10.0. The molecule has 0 aromatic carbocycles. The van der Waals surface area contributed by atoms with Crippen LogP contribution in [-0.4, -0.2) is 26.8 Å². The summed E-state index contributed by atoms with van der Waals surface area (Å²) in [6, 6.07) is 1.98. The van der Waals surface area contributed by atoms with Gasteiger partial charge in [0.2, 0.25) is 5.95 Å². The summed E-state index contributed by atoms with van der Waals surface area (Å²) < 4.78 is 1.76. The summed E-state index contributed by atoms with van der Waals surface area (Å²) in [6.45, 7) is 7.31. The molecule has 0 amide bonds. The molecule has 2 aromatic heterocycles. The van der Waals surface area contributed by atoms with Gasteiger partial charge in [-0.1, -0.05) is 6.08 Å². The van der Waals surface area contributed by atoms with Crippen molar-refractivity contribution in [1.82, 2.24) is 14.5 Å². The molecule has 5 nitrogen and oxygen atoms in total. The summed E-state index contributed by atoms with van der Waals surface area (Å²) in [5, 5.41) is 6.16. The van der Waals surface area contributed by atoms with Crippen LogP contribution in [-0.2, 0) is 6.54 Å². The quantitative estimate of drug-likeness (QED) is 0.940. The second kappa shape index (κ2) is 6.12. The predicted octanol–water partition coefficient (Wildman–Crippen LogP) is 2.90. The maximum Gasteiger partial charge on any atom is 0.256 e. The summed E-state index contributed by atoms with van der Waals surface area (Å²) >= 11 is 1.75. The molecule has 0 aliphatic carbocycles. The van der Waals surface area contributed by atoms with Gasteiger partial charge in [-0.2, -0.15) is 4.98 Å². The van der Waals surface area contributed by atoms with Gasteiger partial charge in [0.05, 0.1) is 5.69 Å². The number of aromatic nitrogens is 3. The number of anilines is 1. The average molecular weight is 316 g/mol. The third-order valence-electron chi connectivity index (χ3n) is 3.90. The van der Waals surface area contributed by atoms with Gasteiger partial charge in [0.15, 0.2) is 0 Å². The van der Waals surface area contributed by atoms with Crippen LogP contribution in [0.5, 0.6) is 0 Å². The number of nitrogens with one attached hydrogen (secondary N) is 1. The lowest BCUT2D eigenvalue weighted by Crippen LogP contribution is -2.26. The van der Waals surface area contributed by atoms with Crippen LogP contribution >= 0.6 is 11.8 Å². The van der Waals surface area contributed by atoms with Gasteiger partial charge in [-0.3, -0.25) is 9.36 Å². The van der Waals surface area contributed by atoms with Crippen molar-refractivity contribution < 1.29 is 0 Å². The Balaban J connectivity index is 2.28. The maximum atomic E-state index is 12.8. The average Bonchev–Trinajstić information content (AvgIpc) is 3.01. The second-order valence-electron chi connectivity index (χ2n) is 5.32. The highest BCUT2D eigenvalue weighted by Gasteiger charge is 2.20. The number of aryl methyl sites for hydroxylation is 2. The zero-order chi connectivity index (χ0) is 15.7. The Kier molecular flexibility index (Phi) is 4.20. The molecule has 1 N–H and O–H groups in total. The van der Waals surface area contributed by atoms with Gasteiger partial charge < -0.3 is 5.32 Å². The van der Waals surface area contributed by atoms with Gasteiger partial charge in [-0.25, -0.2) is 4.98 Å². The Hall–Kier alpha value is -1.82. The predicted molar refractivity (Wildman–Crippen MR) is 92.7 cm³/mol. The minimum Gasteiger partial charge on any atom is -0.354 e. The number of rotatable bonds is 4. The molecule has 0 bridgehead atoms. The number of thioether (sulfide) groups is 1. The van der Waals surface area contributed by atoms with E-state index in [4.69, 9.17) is 0 Å². The third kappa shape index (κ3) is 2.52. The van der Waals surface area contributed by atoms with E-state index in [1.54, 1.807) is 16.3 Å². The van der Waals surface area contributed by atoms with Gasteiger partial charge >= 0.3 is 0 Å². The summed E-state index contributed by atoms with van der Waals surface area (Å²) in [5.74, 6) is 1.70. The molecule has 0 spiro atoms. The van der Waals surface area contributed by atoms with Crippen LogP contribution in [0.3, 0.4) is 0 Å². The first-order valence-corrected chi connectivity index (χ1v) is 8.64. The molecule has 1 unspecified atom stereocenters. The lowest BCUT2D eigenvalue weighted by molar-refractivity contribution is 0.731. The Morgan fingerprint density at radius 1 is 1.41 bits per heavy atom. The van der Waals surface area contributed by atoms with E-state index < -0.39 is 0 Å². The molecule has 0 saturated heterocycles. The number of fused-ring (bicyclic) bond motifs is 1. The van der Waals surface area contributed by atoms with Crippen LogP contribution in [0.25, 0.3) is 11.0 Å². The van der Waals surface area contributed by atoms with Crippen LogP contribution < -0.4 is 10.9 Å². The third-order valence-corrected chi connectivity index (χ3v) is 4.80. The molecular formula is C16H20N4OS. The molecule has 2 aromatic rings. The van der Waals surface area contributed by atoms with Gasteiger partial charge in [0.25, 0.3) is 5.56 Å². The van der Waals surface area contributed by atoms with Crippen molar-refractivity contribution in [3.05, 3.63) is 39.2 Å². The van der Waals surface area contributed by atoms with Gasteiger partial charge in [0, 0.05) is 35.7 Å². The standard InChI is InChI=1S/C16H20N4OS/c1-4-17-16-18-10(3)12-8-13(11-6-7-22-9-11)15(21)20(5-2)14(12)19-16/h6-8,11H,4-5,9H2,1-3H3,(H,17,18,19). The van der Waals surface area contributed by atoms with Crippen LogP contribution in [0, 0.1) is 6.92 Å². The Labute approximate surface area is 133 Å². The molecule has 22 heavy (non-hydrogen) atoms. The first-order chi connectivity index (χ1) is 10.7.